The lowest BCUT2D eigenvalue weighted by Gasteiger charge is -2.33. The van der Waals surface area contributed by atoms with E-state index in [4.69, 9.17) is 4.74 Å². The van der Waals surface area contributed by atoms with Crippen LogP contribution in [0.15, 0.2) is 48.5 Å². The Morgan fingerprint density at radius 2 is 1.74 bits per heavy atom. The Kier molecular flexibility index (Phi) is 10.1. The van der Waals surface area contributed by atoms with Crippen molar-refractivity contribution in [3.8, 4) is 5.75 Å². The molecule has 8 nitrogen and oxygen atoms in total. The summed E-state index contributed by atoms with van der Waals surface area (Å²) in [5.74, 6) is -0.0998. The molecule has 0 saturated carbocycles. The third-order valence-corrected chi connectivity index (χ3v) is 7.06. The molecular weight excluding hydrogens is 466 g/mol. The molecule has 192 valence electrons. The number of amides is 2. The summed E-state index contributed by atoms with van der Waals surface area (Å²) in [6.45, 7) is 7.22. The molecule has 0 radical (unpaired) electrons. The fourth-order valence-electron chi connectivity index (χ4n) is 3.77. The second-order valence-corrected chi connectivity index (χ2v) is 10.6. The van der Waals surface area contributed by atoms with Gasteiger partial charge in [0.25, 0.3) is 0 Å². The molecule has 9 heteroatoms. The monoisotopic (exact) mass is 503 g/mol. The topological polar surface area (TPSA) is 96.0 Å². The summed E-state index contributed by atoms with van der Waals surface area (Å²) in [5, 5.41) is 2.96. The van der Waals surface area contributed by atoms with Gasteiger partial charge in [-0.3, -0.25) is 13.9 Å². The molecule has 0 saturated heterocycles. The smallest absolute Gasteiger partial charge is 0.244 e. The molecule has 35 heavy (non-hydrogen) atoms. The number of nitrogens with zero attached hydrogens (tertiary/aromatic N) is 2. The first-order chi connectivity index (χ1) is 16.5. The normalized spacial score (nSPS) is 13.0. The van der Waals surface area contributed by atoms with E-state index in [1.165, 1.54) is 4.90 Å². The lowest BCUT2D eigenvalue weighted by atomic mass is 10.1. The van der Waals surface area contributed by atoms with Crippen molar-refractivity contribution < 1.29 is 22.7 Å². The van der Waals surface area contributed by atoms with Gasteiger partial charge in [-0.2, -0.15) is 0 Å². The SMILES string of the molecule is CC[C@@H](C)NC(=O)[C@@H](CC)N(Cc1cccc(OC)c1)C(=O)CN(c1ccccc1C)S(C)(=O)=O. The summed E-state index contributed by atoms with van der Waals surface area (Å²) in [4.78, 5) is 28.3. The average molecular weight is 504 g/mol. The molecule has 0 bridgehead atoms. The molecular formula is C26H37N3O5S. The summed E-state index contributed by atoms with van der Waals surface area (Å²) in [5.41, 5.74) is 1.93. The maximum Gasteiger partial charge on any atom is 0.244 e. The summed E-state index contributed by atoms with van der Waals surface area (Å²) in [6, 6.07) is 13.4. The zero-order valence-electron chi connectivity index (χ0n) is 21.4. The number of methoxy groups -OCH3 is 1. The minimum absolute atomic E-state index is 0.0511. The third-order valence-electron chi connectivity index (χ3n) is 5.94. The molecule has 2 aromatic carbocycles. The van der Waals surface area contributed by atoms with Crippen LogP contribution in [0, 0.1) is 6.92 Å². The van der Waals surface area contributed by atoms with Gasteiger partial charge in [0.1, 0.15) is 18.3 Å². The molecule has 2 atom stereocenters. The maximum atomic E-state index is 13.7. The van der Waals surface area contributed by atoms with Gasteiger partial charge < -0.3 is 15.0 Å². The summed E-state index contributed by atoms with van der Waals surface area (Å²) in [6.07, 6.45) is 2.20. The zero-order valence-corrected chi connectivity index (χ0v) is 22.3. The Balaban J connectivity index is 2.47. The molecule has 0 aliphatic heterocycles. The summed E-state index contributed by atoms with van der Waals surface area (Å²) < 4.78 is 31.8. The van der Waals surface area contributed by atoms with Crippen LogP contribution in [0.2, 0.25) is 0 Å². The number of hydrogen-bond acceptors (Lipinski definition) is 5. The Morgan fingerprint density at radius 1 is 1.06 bits per heavy atom. The first-order valence-electron chi connectivity index (χ1n) is 11.8. The van der Waals surface area contributed by atoms with Gasteiger partial charge in [0, 0.05) is 12.6 Å². The van der Waals surface area contributed by atoms with Gasteiger partial charge in [-0.15, -0.1) is 0 Å². The number of sulfonamides is 1. The molecule has 0 heterocycles. The van der Waals surface area contributed by atoms with Crippen molar-refractivity contribution >= 4 is 27.5 Å². The first kappa shape index (κ1) is 28.2. The highest BCUT2D eigenvalue weighted by Gasteiger charge is 2.32. The number of benzene rings is 2. The predicted molar refractivity (Wildman–Crippen MR) is 139 cm³/mol. The van der Waals surface area contributed by atoms with Crippen LogP contribution in [0.1, 0.15) is 44.7 Å². The minimum atomic E-state index is -3.76. The zero-order chi connectivity index (χ0) is 26.2. The van der Waals surface area contributed by atoms with Crippen molar-refractivity contribution in [1.29, 1.82) is 0 Å². The molecule has 2 rings (SSSR count). The number of carbonyl (C=O) groups excluding carboxylic acids is 2. The van der Waals surface area contributed by atoms with Crippen LogP contribution >= 0.6 is 0 Å². The van der Waals surface area contributed by atoms with Crippen molar-refractivity contribution in [2.45, 2.75) is 59.2 Å². The van der Waals surface area contributed by atoms with Gasteiger partial charge in [-0.1, -0.05) is 44.2 Å². The van der Waals surface area contributed by atoms with Gasteiger partial charge in [0.2, 0.25) is 21.8 Å². The van der Waals surface area contributed by atoms with E-state index in [0.29, 0.717) is 17.9 Å². The van der Waals surface area contributed by atoms with Crippen LogP contribution in [-0.2, 0) is 26.2 Å². The highest BCUT2D eigenvalue weighted by atomic mass is 32.2. The van der Waals surface area contributed by atoms with Gasteiger partial charge in [-0.05, 0) is 56.0 Å². The van der Waals surface area contributed by atoms with Crippen molar-refractivity contribution in [2.24, 2.45) is 0 Å². The van der Waals surface area contributed by atoms with E-state index in [2.05, 4.69) is 5.32 Å². The molecule has 1 N–H and O–H groups in total. The quantitative estimate of drug-likeness (QED) is 0.478. The maximum absolute atomic E-state index is 13.7. The number of rotatable bonds is 12. The molecule has 0 spiro atoms. The molecule has 0 fully saturated rings. The number of para-hydroxylation sites is 1. The van der Waals surface area contributed by atoms with Crippen LogP contribution in [0.4, 0.5) is 5.69 Å². The Morgan fingerprint density at radius 3 is 2.31 bits per heavy atom. The Bertz CT molecular complexity index is 1120. The minimum Gasteiger partial charge on any atom is -0.497 e. The van der Waals surface area contributed by atoms with Crippen LogP contribution in [0.3, 0.4) is 0 Å². The number of carbonyl (C=O) groups is 2. The molecule has 2 amide bonds. The highest BCUT2D eigenvalue weighted by Crippen LogP contribution is 2.23. The molecule has 0 aromatic heterocycles. The molecule has 0 unspecified atom stereocenters. The fraction of sp³-hybridized carbons (Fsp3) is 0.462. The van der Waals surface area contributed by atoms with Crippen LogP contribution in [0.25, 0.3) is 0 Å². The Labute approximate surface area is 209 Å². The third kappa shape index (κ3) is 7.71. The molecule has 0 aliphatic rings. The number of ether oxygens (including phenoxy) is 1. The van der Waals surface area contributed by atoms with Crippen LogP contribution < -0.4 is 14.4 Å². The average Bonchev–Trinajstić information content (AvgIpc) is 2.82. The van der Waals surface area contributed by atoms with Gasteiger partial charge in [-0.25, -0.2) is 8.42 Å². The van der Waals surface area contributed by atoms with Crippen molar-refractivity contribution in [1.82, 2.24) is 10.2 Å². The van der Waals surface area contributed by atoms with Crippen LogP contribution in [-0.4, -0.2) is 57.1 Å². The number of hydrogen-bond donors (Lipinski definition) is 1. The fourth-order valence-corrected chi connectivity index (χ4v) is 4.67. The summed E-state index contributed by atoms with van der Waals surface area (Å²) >= 11 is 0. The number of anilines is 1. The van der Waals surface area contributed by atoms with E-state index >= 15 is 0 Å². The van der Waals surface area contributed by atoms with E-state index in [-0.39, 0.29) is 18.5 Å². The van der Waals surface area contributed by atoms with Gasteiger partial charge in [0.05, 0.1) is 19.1 Å². The first-order valence-corrected chi connectivity index (χ1v) is 13.6. The van der Waals surface area contributed by atoms with Gasteiger partial charge >= 0.3 is 0 Å². The second-order valence-electron chi connectivity index (χ2n) is 8.67. The summed E-state index contributed by atoms with van der Waals surface area (Å²) in [7, 11) is -2.20. The largest absolute Gasteiger partial charge is 0.497 e. The van der Waals surface area contributed by atoms with Crippen molar-refractivity contribution in [3.05, 3.63) is 59.7 Å². The number of aryl methyl sites for hydroxylation is 1. The highest BCUT2D eigenvalue weighted by molar-refractivity contribution is 7.92. The Hall–Kier alpha value is -3.07. The van der Waals surface area contributed by atoms with E-state index in [9.17, 15) is 18.0 Å². The second kappa shape index (κ2) is 12.6. The van der Waals surface area contributed by atoms with E-state index in [0.717, 1.165) is 28.1 Å². The number of nitrogens with one attached hydrogen (secondary N) is 1. The van der Waals surface area contributed by atoms with Crippen molar-refractivity contribution in [3.63, 3.8) is 0 Å². The van der Waals surface area contributed by atoms with E-state index in [1.54, 1.807) is 44.4 Å². The standard InChI is InChI=1S/C26H37N3O5S/c1-7-20(4)27-26(31)23(8-2)28(17-21-13-11-14-22(16-21)34-5)25(30)18-29(35(6,32)33)24-15-10-9-12-19(24)3/h9-16,20,23H,7-8,17-18H2,1-6H3,(H,27,31)/t20-,23-/m1/s1. The predicted octanol–water partition coefficient (Wildman–Crippen LogP) is 3.49. The lowest BCUT2D eigenvalue weighted by Crippen LogP contribution is -2.53. The van der Waals surface area contributed by atoms with Crippen LogP contribution in [0.5, 0.6) is 5.75 Å². The molecule has 0 aliphatic carbocycles. The van der Waals surface area contributed by atoms with Crippen molar-refractivity contribution in [2.75, 3.05) is 24.2 Å². The molecule has 2 aromatic rings. The van der Waals surface area contributed by atoms with E-state index in [1.807, 2.05) is 39.0 Å². The van der Waals surface area contributed by atoms with Gasteiger partial charge in [0.15, 0.2) is 0 Å². The van der Waals surface area contributed by atoms with E-state index < -0.39 is 28.5 Å². The lowest BCUT2D eigenvalue weighted by molar-refractivity contribution is -0.140.